The topological polar surface area (TPSA) is 66.5 Å². The molecule has 5 nitrogen and oxygen atoms in total. The van der Waals surface area contributed by atoms with Crippen molar-refractivity contribution >= 4 is 21.6 Å². The molecule has 154 valence electrons. The Kier molecular flexibility index (Phi) is 5.70. The van der Waals surface area contributed by atoms with Gasteiger partial charge in [-0.2, -0.15) is 0 Å². The number of hydrogen-bond donors (Lipinski definition) is 1. The minimum atomic E-state index is -3.46. The van der Waals surface area contributed by atoms with Crippen molar-refractivity contribution in [3.63, 3.8) is 0 Å². The summed E-state index contributed by atoms with van der Waals surface area (Å²) < 4.78 is 27.5. The van der Waals surface area contributed by atoms with Crippen LogP contribution in [0.4, 0.5) is 5.69 Å². The van der Waals surface area contributed by atoms with Gasteiger partial charge in [-0.05, 0) is 47.7 Å². The molecule has 0 aromatic heterocycles. The highest BCUT2D eigenvalue weighted by atomic mass is 32.2. The fourth-order valence-electron chi connectivity index (χ4n) is 3.74. The van der Waals surface area contributed by atoms with Crippen molar-refractivity contribution in [1.82, 2.24) is 4.72 Å². The fourth-order valence-corrected chi connectivity index (χ4v) is 4.86. The van der Waals surface area contributed by atoms with Crippen LogP contribution in [0.3, 0.4) is 0 Å². The van der Waals surface area contributed by atoms with E-state index >= 15 is 0 Å². The van der Waals surface area contributed by atoms with Crippen molar-refractivity contribution in [2.24, 2.45) is 0 Å². The number of nitrogens with one attached hydrogen (secondary N) is 1. The minimum Gasteiger partial charge on any atom is -0.308 e. The zero-order valence-corrected chi connectivity index (χ0v) is 17.7. The van der Waals surface area contributed by atoms with Crippen LogP contribution in [0.25, 0.3) is 0 Å². The second kappa shape index (κ2) is 8.42. The summed E-state index contributed by atoms with van der Waals surface area (Å²) in [7, 11) is -3.46. The molecule has 1 aliphatic heterocycles. The van der Waals surface area contributed by atoms with E-state index < -0.39 is 10.0 Å². The van der Waals surface area contributed by atoms with Gasteiger partial charge in [0.05, 0.1) is 5.75 Å². The molecule has 0 bridgehead atoms. The van der Waals surface area contributed by atoms with Crippen LogP contribution in [0.1, 0.15) is 32.6 Å². The van der Waals surface area contributed by atoms with E-state index in [0.717, 1.165) is 34.4 Å². The number of nitrogens with zero attached hydrogens (tertiary/aromatic N) is 1. The Bertz CT molecular complexity index is 1170. The van der Waals surface area contributed by atoms with Gasteiger partial charge in [0.2, 0.25) is 10.0 Å². The molecular formula is C24H24N2O3S. The molecule has 0 radical (unpaired) electrons. The van der Waals surface area contributed by atoms with Crippen molar-refractivity contribution in [3.05, 3.63) is 101 Å². The van der Waals surface area contributed by atoms with Gasteiger partial charge >= 0.3 is 0 Å². The normalized spacial score (nSPS) is 13.3. The zero-order valence-electron chi connectivity index (χ0n) is 16.8. The van der Waals surface area contributed by atoms with Gasteiger partial charge in [-0.3, -0.25) is 4.79 Å². The van der Waals surface area contributed by atoms with Crippen molar-refractivity contribution in [2.75, 3.05) is 11.4 Å². The van der Waals surface area contributed by atoms with Gasteiger partial charge < -0.3 is 4.90 Å². The van der Waals surface area contributed by atoms with Crippen LogP contribution in [-0.2, 0) is 28.7 Å². The Hall–Kier alpha value is -2.96. The number of carbonyl (C=O) groups excluding carboxylic acids is 1. The fraction of sp³-hybridized carbons (Fsp3) is 0.208. The minimum absolute atomic E-state index is 0.0198. The van der Waals surface area contributed by atoms with Gasteiger partial charge in [-0.15, -0.1) is 0 Å². The maximum Gasteiger partial charge on any atom is 0.258 e. The molecule has 0 saturated carbocycles. The van der Waals surface area contributed by atoms with Crippen molar-refractivity contribution < 1.29 is 13.2 Å². The monoisotopic (exact) mass is 420 g/mol. The van der Waals surface area contributed by atoms with E-state index in [1.165, 1.54) is 0 Å². The molecule has 6 heteroatoms. The third-order valence-corrected chi connectivity index (χ3v) is 6.66. The summed E-state index contributed by atoms with van der Waals surface area (Å²) >= 11 is 0. The highest BCUT2D eigenvalue weighted by Crippen LogP contribution is 2.31. The lowest BCUT2D eigenvalue weighted by Gasteiger charge is -2.19. The third-order valence-electron chi connectivity index (χ3n) is 5.36. The van der Waals surface area contributed by atoms with Gasteiger partial charge in [-0.1, -0.05) is 60.7 Å². The number of benzene rings is 3. The van der Waals surface area contributed by atoms with Crippen LogP contribution in [0.2, 0.25) is 0 Å². The average molecular weight is 421 g/mol. The molecule has 4 rings (SSSR count). The first-order chi connectivity index (χ1) is 14.4. The number of fused-ring (bicyclic) bond motifs is 1. The molecule has 1 N–H and O–H groups in total. The zero-order chi connectivity index (χ0) is 21.1. The van der Waals surface area contributed by atoms with Gasteiger partial charge in [0, 0.05) is 24.3 Å². The summed E-state index contributed by atoms with van der Waals surface area (Å²) in [5.74, 6) is -0.0786. The van der Waals surface area contributed by atoms with Gasteiger partial charge in [0.1, 0.15) is 0 Å². The Balaban J connectivity index is 1.49. The Morgan fingerprint density at radius 3 is 2.47 bits per heavy atom. The van der Waals surface area contributed by atoms with E-state index in [9.17, 15) is 13.2 Å². The van der Waals surface area contributed by atoms with Crippen LogP contribution in [0.5, 0.6) is 0 Å². The number of aryl methyl sites for hydroxylation is 1. The Morgan fingerprint density at radius 1 is 0.967 bits per heavy atom. The standard InChI is InChI=1S/C24H24N2O3S/c1-18-7-5-6-10-22(18)24(27)26-14-13-21-12-11-20(15-23(21)26)16-25-30(28,29)17-19-8-3-2-4-9-19/h2-12,15,25H,13-14,16-17H2,1H3. The predicted molar refractivity (Wildman–Crippen MR) is 119 cm³/mol. The van der Waals surface area contributed by atoms with Crippen LogP contribution in [0, 0.1) is 6.92 Å². The largest absolute Gasteiger partial charge is 0.308 e. The summed E-state index contributed by atoms with van der Waals surface area (Å²) in [5, 5.41) is 0. The van der Waals surface area contributed by atoms with Gasteiger partial charge in [0.25, 0.3) is 5.91 Å². The van der Waals surface area contributed by atoms with E-state index in [2.05, 4.69) is 4.72 Å². The van der Waals surface area contributed by atoms with Crippen molar-refractivity contribution in [1.29, 1.82) is 0 Å². The lowest BCUT2D eigenvalue weighted by molar-refractivity contribution is 0.0989. The molecule has 3 aromatic carbocycles. The maximum absolute atomic E-state index is 13.1. The second-order valence-electron chi connectivity index (χ2n) is 7.55. The summed E-state index contributed by atoms with van der Waals surface area (Å²) in [5.41, 5.74) is 5.18. The molecule has 3 aromatic rings. The number of sulfonamides is 1. The van der Waals surface area contributed by atoms with Crippen LogP contribution >= 0.6 is 0 Å². The van der Waals surface area contributed by atoms with Crippen LogP contribution in [0.15, 0.2) is 72.8 Å². The smallest absolute Gasteiger partial charge is 0.258 e. The second-order valence-corrected chi connectivity index (χ2v) is 9.36. The van der Waals surface area contributed by atoms with Crippen molar-refractivity contribution in [2.45, 2.75) is 25.6 Å². The molecule has 1 heterocycles. The molecule has 0 spiro atoms. The van der Waals surface area contributed by atoms with E-state index in [1.54, 1.807) is 17.0 Å². The van der Waals surface area contributed by atoms with E-state index in [-0.39, 0.29) is 18.2 Å². The first-order valence-corrected chi connectivity index (χ1v) is 11.6. The molecule has 0 unspecified atom stereocenters. The van der Waals surface area contributed by atoms with Crippen molar-refractivity contribution in [3.8, 4) is 0 Å². The Morgan fingerprint density at radius 2 is 1.70 bits per heavy atom. The predicted octanol–water partition coefficient (Wildman–Crippen LogP) is 3.82. The lowest BCUT2D eigenvalue weighted by atomic mass is 10.1. The molecule has 0 fully saturated rings. The summed E-state index contributed by atoms with van der Waals surface area (Å²) in [4.78, 5) is 14.9. The number of rotatable bonds is 6. The third kappa shape index (κ3) is 4.45. The van der Waals surface area contributed by atoms with Gasteiger partial charge in [0.15, 0.2) is 0 Å². The maximum atomic E-state index is 13.1. The molecule has 0 atom stereocenters. The Labute approximate surface area is 177 Å². The van der Waals surface area contributed by atoms with E-state index in [4.69, 9.17) is 0 Å². The highest BCUT2D eigenvalue weighted by Gasteiger charge is 2.26. The number of hydrogen-bond acceptors (Lipinski definition) is 3. The summed E-state index contributed by atoms with van der Waals surface area (Å²) in [6, 6.07) is 22.5. The number of anilines is 1. The quantitative estimate of drug-likeness (QED) is 0.659. The molecule has 0 aliphatic carbocycles. The SMILES string of the molecule is Cc1ccccc1C(=O)N1CCc2ccc(CNS(=O)(=O)Cc3ccccc3)cc21. The summed E-state index contributed by atoms with van der Waals surface area (Å²) in [6.45, 7) is 2.75. The molecule has 1 aliphatic rings. The van der Waals surface area contributed by atoms with Gasteiger partial charge in [-0.25, -0.2) is 13.1 Å². The summed E-state index contributed by atoms with van der Waals surface area (Å²) in [6.07, 6.45) is 0.799. The molecular weight excluding hydrogens is 396 g/mol. The first kappa shape index (κ1) is 20.3. The molecule has 1 amide bonds. The van der Waals surface area contributed by atoms with E-state index in [1.807, 2.05) is 67.6 Å². The number of amides is 1. The molecule has 0 saturated heterocycles. The lowest BCUT2D eigenvalue weighted by Crippen LogP contribution is -2.29. The first-order valence-electron chi connectivity index (χ1n) is 9.93. The average Bonchev–Trinajstić information content (AvgIpc) is 3.16. The van der Waals surface area contributed by atoms with Crippen LogP contribution < -0.4 is 9.62 Å². The van der Waals surface area contributed by atoms with Crippen LogP contribution in [-0.4, -0.2) is 20.9 Å². The highest BCUT2D eigenvalue weighted by molar-refractivity contribution is 7.88. The number of carbonyl (C=O) groups is 1. The van der Waals surface area contributed by atoms with E-state index in [0.29, 0.717) is 12.1 Å². The molecule has 30 heavy (non-hydrogen) atoms.